The average Bonchev–Trinajstić information content (AvgIpc) is 2.94. The van der Waals surface area contributed by atoms with Gasteiger partial charge < -0.3 is 11.0 Å². The number of nitrogens with zero attached hydrogens (tertiary/aromatic N) is 2. The molecule has 0 saturated carbocycles. The Labute approximate surface area is 139 Å². The van der Waals surface area contributed by atoms with Gasteiger partial charge in [-0.3, -0.25) is 5.14 Å². The third-order valence-electron chi connectivity index (χ3n) is 3.50. The topological polar surface area (TPSA) is 107 Å². The van der Waals surface area contributed by atoms with E-state index in [-0.39, 0.29) is 11.0 Å². The summed E-state index contributed by atoms with van der Waals surface area (Å²) in [5.74, 6) is 0. The van der Waals surface area contributed by atoms with Crippen molar-refractivity contribution >= 4 is 11.9 Å². The minimum atomic E-state index is 0. The molecule has 0 aliphatic carbocycles. The first-order valence-electron chi connectivity index (χ1n) is 6.78. The first-order chi connectivity index (χ1) is 10.2. The molecule has 1 aromatic heterocycles. The Morgan fingerprint density at radius 3 is 2.13 bits per heavy atom. The largest absolute Gasteiger partial charge is 0.412 e. The molecule has 5 nitrogen and oxygen atoms in total. The summed E-state index contributed by atoms with van der Waals surface area (Å²) in [5.41, 5.74) is 5.69. The molecule has 2 aromatic carbocycles. The summed E-state index contributed by atoms with van der Waals surface area (Å²) in [7, 11) is 0. The molecule has 122 valence electrons. The molecule has 1 heterocycles. The van der Waals surface area contributed by atoms with Crippen LogP contribution in [0.1, 0.15) is 11.3 Å². The van der Waals surface area contributed by atoms with Crippen LogP contribution in [0.15, 0.2) is 59.6 Å². The highest BCUT2D eigenvalue weighted by Crippen LogP contribution is 2.26. The smallest absolute Gasteiger partial charge is 0.0680 e. The van der Waals surface area contributed by atoms with Crippen LogP contribution in [0.5, 0.6) is 0 Å². The van der Waals surface area contributed by atoms with Gasteiger partial charge in [0.2, 0.25) is 0 Å². The third-order valence-corrected chi connectivity index (χ3v) is 4.05. The van der Waals surface area contributed by atoms with E-state index in [1.807, 2.05) is 36.0 Å². The van der Waals surface area contributed by atoms with Gasteiger partial charge >= 0.3 is 0 Å². The van der Waals surface area contributed by atoms with Crippen molar-refractivity contribution in [3.8, 4) is 16.8 Å². The zero-order valence-corrected chi connectivity index (χ0v) is 13.9. The lowest BCUT2D eigenvalue weighted by Crippen LogP contribution is -1.98. The monoisotopic (exact) mass is 331 g/mol. The number of aryl methyl sites for hydroxylation is 2. The molecule has 3 aromatic rings. The fourth-order valence-electron chi connectivity index (χ4n) is 2.31. The highest BCUT2D eigenvalue weighted by molar-refractivity contribution is 7.97. The molecular weight excluding hydrogens is 310 g/mol. The Kier molecular flexibility index (Phi) is 6.53. The van der Waals surface area contributed by atoms with E-state index < -0.39 is 0 Å². The van der Waals surface area contributed by atoms with Crippen LogP contribution in [0.3, 0.4) is 0 Å². The second-order valence-electron chi connectivity index (χ2n) is 5.05. The van der Waals surface area contributed by atoms with E-state index in [1.54, 1.807) is 0 Å². The van der Waals surface area contributed by atoms with Gasteiger partial charge in [0.15, 0.2) is 0 Å². The van der Waals surface area contributed by atoms with E-state index in [0.29, 0.717) is 0 Å². The second kappa shape index (κ2) is 7.94. The van der Waals surface area contributed by atoms with Crippen LogP contribution < -0.4 is 5.14 Å². The van der Waals surface area contributed by atoms with Crippen molar-refractivity contribution < 1.29 is 11.0 Å². The lowest BCUT2D eigenvalue weighted by molar-refractivity contribution is 0.823. The van der Waals surface area contributed by atoms with E-state index >= 15 is 0 Å². The van der Waals surface area contributed by atoms with Gasteiger partial charge in [-0.25, -0.2) is 4.68 Å². The highest BCUT2D eigenvalue weighted by Gasteiger charge is 2.06. The van der Waals surface area contributed by atoms with Crippen LogP contribution in [0.4, 0.5) is 0 Å². The number of benzene rings is 2. The molecule has 0 unspecified atom stereocenters. The van der Waals surface area contributed by atoms with Gasteiger partial charge in [0.25, 0.3) is 0 Å². The molecule has 0 atom stereocenters. The Morgan fingerprint density at radius 2 is 1.57 bits per heavy atom. The standard InChI is InChI=1S/C17H17N3S.2H2O/c1-12-3-4-15(14-5-7-16(21-18)8-6-14)11-17(12)20-10-9-13(2)19-20;;/h3-11H,18H2,1-2H3;2*1H2. The molecule has 0 bridgehead atoms. The number of hydrogen-bond acceptors (Lipinski definition) is 3. The summed E-state index contributed by atoms with van der Waals surface area (Å²) in [6, 6.07) is 16.7. The zero-order chi connectivity index (χ0) is 14.8. The van der Waals surface area contributed by atoms with Crippen LogP contribution in [-0.2, 0) is 0 Å². The van der Waals surface area contributed by atoms with Gasteiger partial charge in [-0.2, -0.15) is 5.10 Å². The van der Waals surface area contributed by atoms with Crippen molar-refractivity contribution in [3.63, 3.8) is 0 Å². The van der Waals surface area contributed by atoms with Crippen molar-refractivity contribution in [3.05, 3.63) is 66.0 Å². The average molecular weight is 331 g/mol. The van der Waals surface area contributed by atoms with E-state index in [0.717, 1.165) is 16.3 Å². The summed E-state index contributed by atoms with van der Waals surface area (Å²) in [4.78, 5) is 1.06. The van der Waals surface area contributed by atoms with Gasteiger partial charge in [-0.1, -0.05) is 24.3 Å². The lowest BCUT2D eigenvalue weighted by atomic mass is 10.0. The Bertz CT molecular complexity index is 770. The number of nitrogens with two attached hydrogens (primary N) is 1. The Balaban J connectivity index is 0.00000132. The maximum absolute atomic E-state index is 5.57. The van der Waals surface area contributed by atoms with Crippen molar-refractivity contribution in [2.75, 3.05) is 0 Å². The molecule has 0 saturated heterocycles. The van der Waals surface area contributed by atoms with Gasteiger partial charge in [0.1, 0.15) is 0 Å². The molecule has 6 N–H and O–H groups in total. The molecule has 23 heavy (non-hydrogen) atoms. The molecule has 0 spiro atoms. The first-order valence-corrected chi connectivity index (χ1v) is 7.66. The summed E-state index contributed by atoms with van der Waals surface area (Å²) >= 11 is 1.26. The number of hydrogen-bond donors (Lipinski definition) is 1. The summed E-state index contributed by atoms with van der Waals surface area (Å²) in [6.07, 6.45) is 2.00. The SMILES string of the molecule is Cc1ccn(-c2cc(-c3ccc(SN)cc3)ccc2C)n1.O.O. The summed E-state index contributed by atoms with van der Waals surface area (Å²) in [6.45, 7) is 4.10. The fourth-order valence-corrected chi connectivity index (χ4v) is 2.60. The number of rotatable bonds is 3. The predicted molar refractivity (Wildman–Crippen MR) is 95.7 cm³/mol. The molecule has 0 radical (unpaired) electrons. The zero-order valence-electron chi connectivity index (χ0n) is 13.1. The van der Waals surface area contributed by atoms with Crippen LogP contribution in [0, 0.1) is 13.8 Å². The second-order valence-corrected chi connectivity index (χ2v) is 5.75. The molecule has 6 heteroatoms. The van der Waals surface area contributed by atoms with Crippen LogP contribution in [0.25, 0.3) is 16.8 Å². The van der Waals surface area contributed by atoms with Gasteiger partial charge in [-0.05, 0) is 66.8 Å². The van der Waals surface area contributed by atoms with Gasteiger partial charge in [0.05, 0.1) is 11.4 Å². The predicted octanol–water partition coefficient (Wildman–Crippen LogP) is 2.47. The minimum Gasteiger partial charge on any atom is -0.412 e. The van der Waals surface area contributed by atoms with Crippen molar-refractivity contribution in [1.29, 1.82) is 0 Å². The molecule has 0 aliphatic heterocycles. The van der Waals surface area contributed by atoms with Crippen molar-refractivity contribution in [1.82, 2.24) is 9.78 Å². The van der Waals surface area contributed by atoms with Crippen molar-refractivity contribution in [2.24, 2.45) is 5.14 Å². The highest BCUT2D eigenvalue weighted by atomic mass is 32.2. The van der Waals surface area contributed by atoms with Crippen molar-refractivity contribution in [2.45, 2.75) is 18.7 Å². The van der Waals surface area contributed by atoms with Crippen LogP contribution >= 0.6 is 11.9 Å². The summed E-state index contributed by atoms with van der Waals surface area (Å²) < 4.78 is 1.93. The number of aromatic nitrogens is 2. The van der Waals surface area contributed by atoms with Crippen LogP contribution in [-0.4, -0.2) is 20.7 Å². The minimum absolute atomic E-state index is 0. The maximum Gasteiger partial charge on any atom is 0.0680 e. The third kappa shape index (κ3) is 4.00. The van der Waals surface area contributed by atoms with E-state index in [2.05, 4.69) is 42.4 Å². The van der Waals surface area contributed by atoms with Crippen LogP contribution in [0.2, 0.25) is 0 Å². The van der Waals surface area contributed by atoms with E-state index in [4.69, 9.17) is 5.14 Å². The quantitative estimate of drug-likeness (QED) is 0.745. The molecule has 0 fully saturated rings. The van der Waals surface area contributed by atoms with E-state index in [9.17, 15) is 0 Å². The van der Waals surface area contributed by atoms with Gasteiger partial charge in [0, 0.05) is 11.1 Å². The molecule has 0 aliphatic rings. The molecule has 3 rings (SSSR count). The van der Waals surface area contributed by atoms with E-state index in [1.165, 1.54) is 28.6 Å². The Morgan fingerprint density at radius 1 is 0.913 bits per heavy atom. The van der Waals surface area contributed by atoms with Gasteiger partial charge in [-0.15, -0.1) is 0 Å². The Hall–Kier alpha value is -2.12. The normalized spacial score (nSPS) is 9.87. The fraction of sp³-hybridized carbons (Fsp3) is 0.118. The molecular formula is C17H21N3O2S. The first kappa shape index (κ1) is 18.9. The maximum atomic E-state index is 5.57. The lowest BCUT2D eigenvalue weighted by Gasteiger charge is -2.10. The summed E-state index contributed by atoms with van der Waals surface area (Å²) in [5, 5.41) is 10.1. The molecule has 0 amide bonds.